The Balaban J connectivity index is 2.36. The summed E-state index contributed by atoms with van der Waals surface area (Å²) >= 11 is 1.62. The first kappa shape index (κ1) is 18.4. The van der Waals surface area contributed by atoms with Crippen molar-refractivity contribution in [2.75, 3.05) is 25.7 Å². The van der Waals surface area contributed by atoms with Crippen LogP contribution in [0.25, 0.3) is 0 Å². The van der Waals surface area contributed by atoms with Crippen molar-refractivity contribution in [1.29, 1.82) is 0 Å². The van der Waals surface area contributed by atoms with Crippen LogP contribution in [0.1, 0.15) is 18.4 Å². The van der Waals surface area contributed by atoms with Gasteiger partial charge in [-0.15, -0.1) is 0 Å². The number of aryl methyl sites for hydroxylation is 1. The van der Waals surface area contributed by atoms with Crippen LogP contribution in [0.2, 0.25) is 0 Å². The van der Waals surface area contributed by atoms with Gasteiger partial charge in [0.2, 0.25) is 5.91 Å². The highest BCUT2D eigenvalue weighted by molar-refractivity contribution is 7.98. The third kappa shape index (κ3) is 6.85. The van der Waals surface area contributed by atoms with Gasteiger partial charge in [0, 0.05) is 0 Å². The molecule has 0 aliphatic heterocycles. The minimum Gasteiger partial charge on any atom is -0.493 e. The Morgan fingerprint density at radius 2 is 1.95 bits per heavy atom. The largest absolute Gasteiger partial charge is 0.493 e. The molecule has 0 bridgehead atoms. The Labute approximate surface area is 135 Å². The molecule has 0 aromatic heterocycles. The molecule has 0 unspecified atom stereocenters. The lowest BCUT2D eigenvalue weighted by Gasteiger charge is -2.16. The van der Waals surface area contributed by atoms with Crippen LogP contribution in [-0.2, 0) is 14.3 Å². The number of carbonyl (C=O) groups is 2. The molecule has 0 saturated carbocycles. The monoisotopic (exact) mass is 325 g/mol. The highest BCUT2D eigenvalue weighted by Gasteiger charge is 2.20. The van der Waals surface area contributed by atoms with Crippen molar-refractivity contribution in [3.63, 3.8) is 0 Å². The molecule has 5 nitrogen and oxygen atoms in total. The normalized spacial score (nSPS) is 11.6. The quantitative estimate of drug-likeness (QED) is 0.705. The van der Waals surface area contributed by atoms with Gasteiger partial charge >= 0.3 is 5.97 Å². The van der Waals surface area contributed by atoms with Crippen LogP contribution >= 0.6 is 11.8 Å². The first-order valence-corrected chi connectivity index (χ1v) is 8.51. The highest BCUT2D eigenvalue weighted by atomic mass is 32.2. The van der Waals surface area contributed by atoms with Crippen molar-refractivity contribution in [2.45, 2.75) is 25.8 Å². The molecule has 122 valence electrons. The van der Waals surface area contributed by atoms with Crippen LogP contribution in [0.3, 0.4) is 0 Å². The number of ether oxygens (including phenoxy) is 2. The summed E-state index contributed by atoms with van der Waals surface area (Å²) in [6.45, 7) is 2.27. The molecule has 0 aliphatic rings. The van der Waals surface area contributed by atoms with Crippen molar-refractivity contribution >= 4 is 23.6 Å². The summed E-state index contributed by atoms with van der Waals surface area (Å²) in [5.74, 6) is 0.871. The van der Waals surface area contributed by atoms with Gasteiger partial charge in [-0.2, -0.15) is 11.8 Å². The number of thioether (sulfide) groups is 1. The van der Waals surface area contributed by atoms with E-state index < -0.39 is 12.0 Å². The Kier molecular flexibility index (Phi) is 8.43. The molecule has 1 aromatic rings. The van der Waals surface area contributed by atoms with E-state index in [0.29, 0.717) is 6.42 Å². The van der Waals surface area contributed by atoms with E-state index in [0.717, 1.165) is 17.1 Å². The fourth-order valence-corrected chi connectivity index (χ4v) is 2.26. The number of amides is 1. The van der Waals surface area contributed by atoms with Crippen LogP contribution in [0.4, 0.5) is 0 Å². The number of carbonyl (C=O) groups excluding carboxylic acids is 2. The van der Waals surface area contributed by atoms with Crippen molar-refractivity contribution in [3.05, 3.63) is 29.8 Å². The molecule has 1 aromatic carbocycles. The minimum absolute atomic E-state index is 0.195. The second-order valence-corrected chi connectivity index (χ2v) is 5.82. The predicted molar refractivity (Wildman–Crippen MR) is 88.2 cm³/mol. The van der Waals surface area contributed by atoms with Gasteiger partial charge in [0.1, 0.15) is 11.8 Å². The molecule has 1 rings (SSSR count). The lowest BCUT2D eigenvalue weighted by Crippen LogP contribution is -2.42. The zero-order valence-corrected chi connectivity index (χ0v) is 14.1. The number of rotatable bonds is 9. The number of hydrogen-bond donors (Lipinski definition) is 1. The maximum atomic E-state index is 11.9. The molecule has 0 heterocycles. The number of methoxy groups -OCH3 is 1. The van der Waals surface area contributed by atoms with Crippen molar-refractivity contribution in [2.24, 2.45) is 0 Å². The third-order valence-corrected chi connectivity index (χ3v) is 3.69. The molecule has 0 saturated heterocycles. The zero-order valence-electron chi connectivity index (χ0n) is 13.3. The minimum atomic E-state index is -0.593. The topological polar surface area (TPSA) is 64.6 Å². The van der Waals surface area contributed by atoms with Gasteiger partial charge in [-0.3, -0.25) is 4.79 Å². The molecule has 1 atom stereocenters. The van der Waals surface area contributed by atoms with Crippen molar-refractivity contribution in [3.8, 4) is 5.75 Å². The predicted octanol–water partition coefficient (Wildman–Crippen LogP) is 2.17. The SMILES string of the molecule is COC(=O)[C@H](CCSC)NC(=O)CCOc1ccc(C)cc1. The van der Waals surface area contributed by atoms with Crippen LogP contribution in [0.15, 0.2) is 24.3 Å². The Hall–Kier alpha value is -1.69. The zero-order chi connectivity index (χ0) is 16.4. The summed E-state index contributed by atoms with van der Waals surface area (Å²) in [5, 5.41) is 2.69. The molecular formula is C16H23NO4S. The van der Waals surface area contributed by atoms with Crippen LogP contribution in [0.5, 0.6) is 5.75 Å². The lowest BCUT2D eigenvalue weighted by atomic mass is 10.2. The second-order valence-electron chi connectivity index (χ2n) is 4.84. The van der Waals surface area contributed by atoms with E-state index in [4.69, 9.17) is 9.47 Å². The Bertz CT molecular complexity index is 476. The molecule has 1 amide bonds. The number of nitrogens with one attached hydrogen (secondary N) is 1. The van der Waals surface area contributed by atoms with Gasteiger partial charge in [-0.25, -0.2) is 4.79 Å². The van der Waals surface area contributed by atoms with Gasteiger partial charge in [-0.05, 0) is 37.5 Å². The average molecular weight is 325 g/mol. The van der Waals surface area contributed by atoms with E-state index in [-0.39, 0.29) is 18.9 Å². The third-order valence-electron chi connectivity index (χ3n) is 3.05. The fraction of sp³-hybridized carbons (Fsp3) is 0.500. The standard InChI is InChI=1S/C16H23NO4S/c1-12-4-6-13(7-5-12)21-10-8-15(18)17-14(9-11-22-3)16(19)20-2/h4-7,14H,8-11H2,1-3H3,(H,17,18)/t14-/m0/s1. The first-order chi connectivity index (χ1) is 10.6. The summed E-state index contributed by atoms with van der Waals surface area (Å²) in [5.41, 5.74) is 1.15. The molecule has 1 N–H and O–H groups in total. The summed E-state index contributed by atoms with van der Waals surface area (Å²) in [7, 11) is 1.32. The smallest absolute Gasteiger partial charge is 0.328 e. The van der Waals surface area contributed by atoms with E-state index in [1.807, 2.05) is 37.4 Å². The average Bonchev–Trinajstić information content (AvgIpc) is 2.52. The van der Waals surface area contributed by atoms with Gasteiger partial charge in [0.25, 0.3) is 0 Å². The van der Waals surface area contributed by atoms with Gasteiger partial charge in [-0.1, -0.05) is 17.7 Å². The second kappa shape index (κ2) is 10.1. The van der Waals surface area contributed by atoms with Gasteiger partial charge < -0.3 is 14.8 Å². The maximum absolute atomic E-state index is 11.9. The first-order valence-electron chi connectivity index (χ1n) is 7.12. The highest BCUT2D eigenvalue weighted by Crippen LogP contribution is 2.11. The molecular weight excluding hydrogens is 302 g/mol. The Morgan fingerprint density at radius 1 is 1.27 bits per heavy atom. The van der Waals surface area contributed by atoms with Gasteiger partial charge in [0.05, 0.1) is 20.1 Å². The number of benzene rings is 1. The van der Waals surface area contributed by atoms with Crippen molar-refractivity contribution in [1.82, 2.24) is 5.32 Å². The van der Waals surface area contributed by atoms with E-state index in [2.05, 4.69) is 5.32 Å². The molecule has 0 fully saturated rings. The van der Waals surface area contributed by atoms with E-state index in [1.165, 1.54) is 7.11 Å². The van der Waals surface area contributed by atoms with E-state index in [1.54, 1.807) is 11.8 Å². The fourth-order valence-electron chi connectivity index (χ4n) is 1.79. The van der Waals surface area contributed by atoms with Crippen LogP contribution in [0, 0.1) is 6.92 Å². The summed E-state index contributed by atoms with van der Waals surface area (Å²) < 4.78 is 10.2. The number of hydrogen-bond acceptors (Lipinski definition) is 5. The molecule has 6 heteroatoms. The summed E-state index contributed by atoms with van der Waals surface area (Å²) in [6.07, 6.45) is 2.70. The Morgan fingerprint density at radius 3 is 2.55 bits per heavy atom. The van der Waals surface area contributed by atoms with Crippen LogP contribution in [-0.4, -0.2) is 43.6 Å². The van der Waals surface area contributed by atoms with E-state index in [9.17, 15) is 9.59 Å². The van der Waals surface area contributed by atoms with E-state index >= 15 is 0 Å². The molecule has 0 radical (unpaired) electrons. The lowest BCUT2D eigenvalue weighted by molar-refractivity contribution is -0.145. The molecule has 0 spiro atoms. The summed E-state index contributed by atoms with van der Waals surface area (Å²) in [6, 6.07) is 7.03. The molecule has 22 heavy (non-hydrogen) atoms. The summed E-state index contributed by atoms with van der Waals surface area (Å²) in [4.78, 5) is 23.5. The molecule has 0 aliphatic carbocycles. The van der Waals surface area contributed by atoms with Crippen LogP contribution < -0.4 is 10.1 Å². The van der Waals surface area contributed by atoms with Crippen molar-refractivity contribution < 1.29 is 19.1 Å². The number of esters is 1. The maximum Gasteiger partial charge on any atom is 0.328 e. The van der Waals surface area contributed by atoms with Gasteiger partial charge in [0.15, 0.2) is 0 Å².